The van der Waals surface area contributed by atoms with Gasteiger partial charge in [-0.2, -0.15) is 0 Å². The van der Waals surface area contributed by atoms with Crippen molar-refractivity contribution in [2.75, 3.05) is 6.54 Å². The molecule has 1 N–H and O–H groups in total. The molecule has 2 nitrogen and oxygen atoms in total. The van der Waals surface area contributed by atoms with Crippen LogP contribution in [0.1, 0.15) is 90.4 Å². The van der Waals surface area contributed by atoms with Crippen molar-refractivity contribution in [1.82, 2.24) is 5.32 Å². The second kappa shape index (κ2) is 7.46. The fraction of sp³-hybridized carbons (Fsp3) is 1.00. The van der Waals surface area contributed by atoms with Gasteiger partial charge in [-0.3, -0.25) is 0 Å². The molecule has 0 aromatic heterocycles. The van der Waals surface area contributed by atoms with Crippen molar-refractivity contribution in [3.63, 3.8) is 0 Å². The highest BCUT2D eigenvalue weighted by Crippen LogP contribution is 2.43. The summed E-state index contributed by atoms with van der Waals surface area (Å²) in [7, 11) is 0. The van der Waals surface area contributed by atoms with E-state index in [0.29, 0.717) is 11.7 Å². The van der Waals surface area contributed by atoms with E-state index in [9.17, 15) is 0 Å². The number of hydrogen-bond acceptors (Lipinski definition) is 2. The normalized spacial score (nSPS) is 31.0. The van der Waals surface area contributed by atoms with Crippen LogP contribution in [0.25, 0.3) is 0 Å². The van der Waals surface area contributed by atoms with E-state index >= 15 is 0 Å². The van der Waals surface area contributed by atoms with Gasteiger partial charge in [-0.05, 0) is 63.8 Å². The van der Waals surface area contributed by atoms with Gasteiger partial charge in [0.25, 0.3) is 0 Å². The van der Waals surface area contributed by atoms with Gasteiger partial charge in [0.1, 0.15) is 0 Å². The predicted octanol–water partition coefficient (Wildman–Crippen LogP) is 4.82. The van der Waals surface area contributed by atoms with Gasteiger partial charge in [0.2, 0.25) is 0 Å². The average molecular weight is 293 g/mol. The Morgan fingerprint density at radius 2 is 1.76 bits per heavy atom. The summed E-state index contributed by atoms with van der Waals surface area (Å²) in [4.78, 5) is 0. The molecule has 0 amide bonds. The van der Waals surface area contributed by atoms with Gasteiger partial charge in [-0.15, -0.1) is 0 Å². The molecule has 1 spiro atoms. The Morgan fingerprint density at radius 3 is 2.48 bits per heavy atom. The molecule has 21 heavy (non-hydrogen) atoms. The highest BCUT2D eigenvalue weighted by molar-refractivity contribution is 4.92. The van der Waals surface area contributed by atoms with E-state index < -0.39 is 0 Å². The molecular formula is C19H35NO. The van der Waals surface area contributed by atoms with E-state index in [-0.39, 0.29) is 0 Å². The van der Waals surface area contributed by atoms with Crippen LogP contribution >= 0.6 is 0 Å². The third-order valence-corrected chi connectivity index (χ3v) is 6.34. The molecule has 2 aliphatic carbocycles. The molecule has 2 unspecified atom stereocenters. The highest BCUT2D eigenvalue weighted by Gasteiger charge is 2.40. The monoisotopic (exact) mass is 293 g/mol. The molecule has 122 valence electrons. The van der Waals surface area contributed by atoms with Crippen molar-refractivity contribution < 1.29 is 4.74 Å². The lowest BCUT2D eigenvalue weighted by atomic mass is 9.83. The van der Waals surface area contributed by atoms with Crippen molar-refractivity contribution in [3.8, 4) is 0 Å². The van der Waals surface area contributed by atoms with Crippen LogP contribution in [0, 0.1) is 5.92 Å². The van der Waals surface area contributed by atoms with E-state index in [2.05, 4.69) is 12.2 Å². The minimum Gasteiger partial charge on any atom is -0.372 e. The number of nitrogens with one attached hydrogen (secondary N) is 1. The van der Waals surface area contributed by atoms with E-state index in [0.717, 1.165) is 18.5 Å². The number of rotatable bonds is 6. The summed E-state index contributed by atoms with van der Waals surface area (Å²) in [5, 5.41) is 3.76. The summed E-state index contributed by atoms with van der Waals surface area (Å²) in [5.41, 5.74) is 0.309. The third-order valence-electron chi connectivity index (χ3n) is 6.34. The van der Waals surface area contributed by atoms with Gasteiger partial charge in [-0.25, -0.2) is 0 Å². The second-order valence-electron chi connectivity index (χ2n) is 7.81. The Morgan fingerprint density at radius 1 is 1.00 bits per heavy atom. The molecule has 1 heterocycles. The van der Waals surface area contributed by atoms with E-state index in [4.69, 9.17) is 4.74 Å². The van der Waals surface area contributed by atoms with Gasteiger partial charge in [0, 0.05) is 6.04 Å². The van der Waals surface area contributed by atoms with Crippen LogP contribution in [0.15, 0.2) is 0 Å². The Balaban J connectivity index is 1.45. The summed E-state index contributed by atoms with van der Waals surface area (Å²) in [6.45, 7) is 3.38. The maximum Gasteiger partial charge on any atom is 0.0687 e. The zero-order valence-corrected chi connectivity index (χ0v) is 14.0. The molecular weight excluding hydrogens is 258 g/mol. The maximum atomic E-state index is 6.55. The summed E-state index contributed by atoms with van der Waals surface area (Å²) in [6, 6.07) is 0.754. The van der Waals surface area contributed by atoms with Crippen molar-refractivity contribution in [3.05, 3.63) is 0 Å². The first kappa shape index (κ1) is 15.8. The summed E-state index contributed by atoms with van der Waals surface area (Å²) < 4.78 is 6.55. The Labute approximate surface area is 131 Å². The molecule has 0 radical (unpaired) electrons. The van der Waals surface area contributed by atoms with Gasteiger partial charge in [0.05, 0.1) is 11.7 Å². The highest BCUT2D eigenvalue weighted by atomic mass is 16.5. The summed E-state index contributed by atoms with van der Waals surface area (Å²) in [6.07, 6.45) is 18.6. The van der Waals surface area contributed by atoms with Gasteiger partial charge < -0.3 is 10.1 Å². The standard InChI is InChI=1S/C19H35NO/c1-2-20-18(16-8-4-5-9-16)11-10-17-12-15-19(21-17)13-6-3-7-14-19/h16-18,20H,2-15H2,1H3. The van der Waals surface area contributed by atoms with Crippen LogP contribution in [-0.2, 0) is 4.74 Å². The smallest absolute Gasteiger partial charge is 0.0687 e. The van der Waals surface area contributed by atoms with E-state index in [1.165, 1.54) is 83.5 Å². The van der Waals surface area contributed by atoms with E-state index in [1.54, 1.807) is 0 Å². The van der Waals surface area contributed by atoms with Crippen LogP contribution in [0.4, 0.5) is 0 Å². The Kier molecular flexibility index (Phi) is 5.61. The lowest BCUT2D eigenvalue weighted by Gasteiger charge is -2.33. The lowest BCUT2D eigenvalue weighted by Crippen LogP contribution is -2.36. The molecule has 0 bridgehead atoms. The molecule has 2 saturated carbocycles. The van der Waals surface area contributed by atoms with Gasteiger partial charge >= 0.3 is 0 Å². The van der Waals surface area contributed by atoms with Crippen LogP contribution in [0.3, 0.4) is 0 Å². The van der Waals surface area contributed by atoms with Crippen molar-refractivity contribution in [1.29, 1.82) is 0 Å². The average Bonchev–Trinajstić information content (AvgIpc) is 3.15. The van der Waals surface area contributed by atoms with Crippen LogP contribution in [0.2, 0.25) is 0 Å². The topological polar surface area (TPSA) is 21.3 Å². The fourth-order valence-electron chi connectivity index (χ4n) is 5.15. The largest absolute Gasteiger partial charge is 0.372 e. The minimum absolute atomic E-state index is 0.309. The zero-order chi connectivity index (χ0) is 14.5. The zero-order valence-electron chi connectivity index (χ0n) is 14.0. The predicted molar refractivity (Wildman–Crippen MR) is 88.6 cm³/mol. The van der Waals surface area contributed by atoms with E-state index in [1.807, 2.05) is 0 Å². The molecule has 0 aromatic carbocycles. The number of hydrogen-bond donors (Lipinski definition) is 1. The molecule has 2 heteroatoms. The molecule has 3 rings (SSSR count). The first-order valence-electron chi connectivity index (χ1n) is 9.72. The molecule has 2 atom stereocenters. The van der Waals surface area contributed by atoms with Gasteiger partial charge in [-0.1, -0.05) is 39.0 Å². The first-order valence-corrected chi connectivity index (χ1v) is 9.72. The van der Waals surface area contributed by atoms with Crippen LogP contribution < -0.4 is 5.32 Å². The molecule has 1 saturated heterocycles. The van der Waals surface area contributed by atoms with Crippen molar-refractivity contribution in [2.45, 2.75) is 108 Å². The minimum atomic E-state index is 0.309. The van der Waals surface area contributed by atoms with Gasteiger partial charge in [0.15, 0.2) is 0 Å². The van der Waals surface area contributed by atoms with Crippen LogP contribution in [0.5, 0.6) is 0 Å². The second-order valence-corrected chi connectivity index (χ2v) is 7.81. The third kappa shape index (κ3) is 4.01. The molecule has 1 aliphatic heterocycles. The summed E-state index contributed by atoms with van der Waals surface area (Å²) in [5.74, 6) is 0.940. The van der Waals surface area contributed by atoms with Crippen LogP contribution in [-0.4, -0.2) is 24.3 Å². The molecule has 3 aliphatic rings. The first-order chi connectivity index (χ1) is 10.3. The maximum absolute atomic E-state index is 6.55. The number of ether oxygens (including phenoxy) is 1. The van der Waals surface area contributed by atoms with Crippen molar-refractivity contribution >= 4 is 0 Å². The van der Waals surface area contributed by atoms with Crippen molar-refractivity contribution in [2.24, 2.45) is 5.92 Å². The Bertz CT molecular complexity index is 305. The summed E-state index contributed by atoms with van der Waals surface area (Å²) >= 11 is 0. The molecule has 3 fully saturated rings. The Hall–Kier alpha value is -0.0800. The molecule has 0 aromatic rings. The lowest BCUT2D eigenvalue weighted by molar-refractivity contribution is -0.0668. The SMILES string of the molecule is CCNC(CCC1CCC2(CCCCC2)O1)C1CCCC1. The quantitative estimate of drug-likeness (QED) is 0.758. The fourth-order valence-corrected chi connectivity index (χ4v) is 5.15.